The van der Waals surface area contributed by atoms with Gasteiger partial charge in [-0.3, -0.25) is 9.47 Å². The van der Waals surface area contributed by atoms with Crippen molar-refractivity contribution >= 4 is 17.4 Å². The zero-order valence-corrected chi connectivity index (χ0v) is 17.0. The summed E-state index contributed by atoms with van der Waals surface area (Å²) in [7, 11) is 0. The lowest BCUT2D eigenvalue weighted by Gasteiger charge is -2.35. The maximum atomic E-state index is 10.4. The summed E-state index contributed by atoms with van der Waals surface area (Å²) in [5.41, 5.74) is 1.93. The van der Waals surface area contributed by atoms with Crippen molar-refractivity contribution in [3.63, 3.8) is 0 Å². The predicted molar refractivity (Wildman–Crippen MR) is 112 cm³/mol. The number of aromatic hydroxyl groups is 2. The number of aromatic nitrogens is 2. The molecule has 6 nitrogen and oxygen atoms in total. The highest BCUT2D eigenvalue weighted by atomic mass is 35.5. The molecule has 0 spiro atoms. The van der Waals surface area contributed by atoms with Gasteiger partial charge >= 0.3 is 0 Å². The molecule has 1 aliphatic heterocycles. The van der Waals surface area contributed by atoms with E-state index in [0.717, 1.165) is 88.2 Å². The number of piperazine rings is 1. The van der Waals surface area contributed by atoms with Crippen molar-refractivity contribution in [2.45, 2.75) is 45.1 Å². The molecule has 0 unspecified atom stereocenters. The Morgan fingerprint density at radius 1 is 0.929 bits per heavy atom. The van der Waals surface area contributed by atoms with Crippen LogP contribution in [0.2, 0.25) is 5.02 Å². The van der Waals surface area contributed by atoms with Crippen LogP contribution in [0, 0.1) is 0 Å². The van der Waals surface area contributed by atoms with Gasteiger partial charge in [0.05, 0.1) is 5.02 Å². The molecule has 0 bridgehead atoms. The lowest BCUT2D eigenvalue weighted by Crippen LogP contribution is -2.47. The van der Waals surface area contributed by atoms with Gasteiger partial charge in [-0.15, -0.1) is 0 Å². The number of rotatable bonds is 6. The van der Waals surface area contributed by atoms with E-state index in [1.165, 1.54) is 0 Å². The Morgan fingerprint density at radius 2 is 1.57 bits per heavy atom. The molecule has 2 aromatic heterocycles. The Balaban J connectivity index is 1.23. The van der Waals surface area contributed by atoms with Crippen LogP contribution in [0.5, 0.6) is 11.8 Å². The van der Waals surface area contributed by atoms with Crippen LogP contribution in [-0.4, -0.2) is 57.4 Å². The smallest absolute Gasteiger partial charge is 0.197 e. The summed E-state index contributed by atoms with van der Waals surface area (Å²) in [6, 6.07) is 3.75. The minimum atomic E-state index is 0.285. The van der Waals surface area contributed by atoms with Crippen LogP contribution >= 0.6 is 11.6 Å². The first-order valence-corrected chi connectivity index (χ1v) is 10.7. The summed E-state index contributed by atoms with van der Waals surface area (Å²) in [5, 5.41) is 21.6. The first-order valence-electron chi connectivity index (χ1n) is 10.3. The molecule has 7 heteroatoms. The second-order valence-electron chi connectivity index (χ2n) is 7.81. The van der Waals surface area contributed by atoms with Crippen LogP contribution in [0.15, 0.2) is 18.3 Å². The van der Waals surface area contributed by atoms with Gasteiger partial charge in [0.25, 0.3) is 0 Å². The van der Waals surface area contributed by atoms with Crippen LogP contribution in [-0.2, 0) is 19.4 Å². The molecule has 0 amide bonds. The summed E-state index contributed by atoms with van der Waals surface area (Å²) < 4.78 is 1.71. The third-order valence-electron chi connectivity index (χ3n) is 6.04. The van der Waals surface area contributed by atoms with Gasteiger partial charge in [0.1, 0.15) is 5.82 Å². The standard InChI is InChI=1S/C21H29ClN4O2/c22-18-8-5-9-23-19(18)25-14-12-24(13-15-25)10-3-4-11-26-20(27)16-6-1-2-7-17(16)21(26)28/h5,8-9,27-28H,1-4,6-7,10-15H2. The molecule has 28 heavy (non-hydrogen) atoms. The number of fused-ring (bicyclic) bond motifs is 1. The van der Waals surface area contributed by atoms with Gasteiger partial charge < -0.3 is 15.1 Å². The van der Waals surface area contributed by atoms with Gasteiger partial charge in [0, 0.05) is 50.0 Å². The van der Waals surface area contributed by atoms with Gasteiger partial charge in [-0.05, 0) is 57.2 Å². The molecule has 2 N–H and O–H groups in total. The fourth-order valence-electron chi connectivity index (χ4n) is 4.44. The SMILES string of the molecule is Oc1c2c(c(O)n1CCCCN1CCN(c3ncccc3Cl)CC1)CCCC2. The molecule has 3 heterocycles. The van der Waals surface area contributed by atoms with Crippen LogP contribution in [0.4, 0.5) is 5.82 Å². The normalized spacial score (nSPS) is 17.7. The monoisotopic (exact) mass is 404 g/mol. The van der Waals surface area contributed by atoms with Crippen LogP contribution in [0.3, 0.4) is 0 Å². The molecule has 4 rings (SSSR count). The molecule has 0 radical (unpaired) electrons. The molecular formula is C21H29ClN4O2. The van der Waals surface area contributed by atoms with Crippen molar-refractivity contribution in [2.24, 2.45) is 0 Å². The number of hydrogen-bond donors (Lipinski definition) is 2. The Bertz CT molecular complexity index is 785. The third-order valence-corrected chi connectivity index (χ3v) is 6.33. The van der Waals surface area contributed by atoms with E-state index in [1.54, 1.807) is 10.8 Å². The lowest BCUT2D eigenvalue weighted by atomic mass is 9.95. The summed E-state index contributed by atoms with van der Waals surface area (Å²) >= 11 is 6.26. The maximum Gasteiger partial charge on any atom is 0.197 e. The predicted octanol–water partition coefficient (Wildman–Crippen LogP) is 3.43. The Morgan fingerprint density at radius 3 is 2.21 bits per heavy atom. The van der Waals surface area contributed by atoms with Gasteiger partial charge in [-0.2, -0.15) is 0 Å². The molecule has 152 valence electrons. The number of halogens is 1. The van der Waals surface area contributed by atoms with Crippen molar-refractivity contribution in [1.29, 1.82) is 0 Å². The van der Waals surface area contributed by atoms with Crippen molar-refractivity contribution in [1.82, 2.24) is 14.5 Å². The Kier molecular flexibility index (Phi) is 5.97. The molecule has 0 aromatic carbocycles. The van der Waals surface area contributed by atoms with E-state index in [0.29, 0.717) is 11.6 Å². The molecule has 1 fully saturated rings. The Labute approximate surface area is 171 Å². The highest BCUT2D eigenvalue weighted by Crippen LogP contribution is 2.38. The van der Waals surface area contributed by atoms with Gasteiger partial charge in [0.2, 0.25) is 0 Å². The summed E-state index contributed by atoms with van der Waals surface area (Å²) in [6.45, 7) is 5.58. The second-order valence-corrected chi connectivity index (χ2v) is 8.21. The van der Waals surface area contributed by atoms with Crippen LogP contribution in [0.1, 0.15) is 36.8 Å². The average Bonchev–Trinajstić information content (AvgIpc) is 2.97. The number of nitrogens with zero attached hydrogens (tertiary/aromatic N) is 4. The second kappa shape index (κ2) is 8.62. The summed E-state index contributed by atoms with van der Waals surface area (Å²) in [4.78, 5) is 9.12. The average molecular weight is 405 g/mol. The van der Waals surface area contributed by atoms with Crippen molar-refractivity contribution in [3.05, 3.63) is 34.5 Å². The van der Waals surface area contributed by atoms with Gasteiger partial charge in [0.15, 0.2) is 11.8 Å². The molecule has 0 atom stereocenters. The summed E-state index contributed by atoms with van der Waals surface area (Å²) in [5.74, 6) is 1.45. The van der Waals surface area contributed by atoms with Crippen molar-refractivity contribution in [2.75, 3.05) is 37.6 Å². The van der Waals surface area contributed by atoms with Crippen LogP contribution in [0.25, 0.3) is 0 Å². The van der Waals surface area contributed by atoms with E-state index >= 15 is 0 Å². The summed E-state index contributed by atoms with van der Waals surface area (Å²) in [6.07, 6.45) is 7.74. The fourth-order valence-corrected chi connectivity index (χ4v) is 4.68. The first kappa shape index (κ1) is 19.4. The van der Waals surface area contributed by atoms with E-state index in [2.05, 4.69) is 14.8 Å². The van der Waals surface area contributed by atoms with Crippen LogP contribution < -0.4 is 4.90 Å². The third kappa shape index (κ3) is 3.94. The fraction of sp³-hybridized carbons (Fsp3) is 0.571. The largest absolute Gasteiger partial charge is 0.494 e. The number of pyridine rings is 1. The highest BCUT2D eigenvalue weighted by molar-refractivity contribution is 6.32. The zero-order valence-electron chi connectivity index (χ0n) is 16.3. The van der Waals surface area contributed by atoms with Crippen molar-refractivity contribution < 1.29 is 10.2 Å². The van der Waals surface area contributed by atoms with Gasteiger partial charge in [-0.1, -0.05) is 11.6 Å². The molecule has 2 aliphatic rings. The lowest BCUT2D eigenvalue weighted by molar-refractivity contribution is 0.249. The van der Waals surface area contributed by atoms with E-state index in [-0.39, 0.29) is 11.8 Å². The molecule has 2 aromatic rings. The molecular weight excluding hydrogens is 376 g/mol. The highest BCUT2D eigenvalue weighted by Gasteiger charge is 2.24. The zero-order chi connectivity index (χ0) is 19.5. The van der Waals surface area contributed by atoms with E-state index in [4.69, 9.17) is 11.6 Å². The Hall–Kier alpha value is -1.92. The first-order chi connectivity index (χ1) is 13.6. The van der Waals surface area contributed by atoms with E-state index < -0.39 is 0 Å². The van der Waals surface area contributed by atoms with Crippen molar-refractivity contribution in [3.8, 4) is 11.8 Å². The van der Waals surface area contributed by atoms with E-state index in [1.807, 2.05) is 12.1 Å². The number of unbranched alkanes of at least 4 members (excludes halogenated alkanes) is 1. The molecule has 1 saturated heterocycles. The topological polar surface area (TPSA) is 64.8 Å². The molecule has 0 saturated carbocycles. The maximum absolute atomic E-state index is 10.4. The van der Waals surface area contributed by atoms with Gasteiger partial charge in [-0.25, -0.2) is 4.98 Å². The number of anilines is 1. The minimum Gasteiger partial charge on any atom is -0.494 e. The quantitative estimate of drug-likeness (QED) is 0.722. The molecule has 1 aliphatic carbocycles. The van der Waals surface area contributed by atoms with E-state index in [9.17, 15) is 10.2 Å². The number of hydrogen-bond acceptors (Lipinski definition) is 5. The minimum absolute atomic E-state index is 0.285.